The van der Waals surface area contributed by atoms with E-state index in [1.54, 1.807) is 0 Å². The molecule has 3 atom stereocenters. The van der Waals surface area contributed by atoms with Crippen molar-refractivity contribution in [1.82, 2.24) is 0 Å². The van der Waals surface area contributed by atoms with Crippen LogP contribution in [0.25, 0.3) is 0 Å². The van der Waals surface area contributed by atoms with Gasteiger partial charge in [-0.2, -0.15) is 0 Å². The maximum Gasteiger partial charge on any atom is 0.220 e. The molecule has 0 saturated heterocycles. The molecule has 64 valence electrons. The van der Waals surface area contributed by atoms with Crippen LogP contribution < -0.4 is 11.5 Å². The van der Waals surface area contributed by atoms with Crippen molar-refractivity contribution in [2.24, 2.45) is 17.4 Å². The molecule has 0 aromatic carbocycles. The molecule has 0 radical (unpaired) electrons. The van der Waals surface area contributed by atoms with Gasteiger partial charge in [-0.3, -0.25) is 4.79 Å². The number of hydrogen-bond acceptors (Lipinski definition) is 3. The van der Waals surface area contributed by atoms with Gasteiger partial charge in [-0.05, 0) is 19.3 Å². The van der Waals surface area contributed by atoms with E-state index in [9.17, 15) is 9.90 Å². The summed E-state index contributed by atoms with van der Waals surface area (Å²) in [4.78, 5) is 10.7. The third kappa shape index (κ3) is 1.91. The van der Waals surface area contributed by atoms with Gasteiger partial charge in [-0.25, -0.2) is 0 Å². The smallest absolute Gasteiger partial charge is 0.220 e. The first-order chi connectivity index (χ1) is 5.11. The molecular formula is C7H14N2O2. The lowest BCUT2D eigenvalue weighted by Crippen LogP contribution is -2.43. The predicted molar refractivity (Wildman–Crippen MR) is 40.5 cm³/mol. The molecule has 1 saturated carbocycles. The molecule has 0 aromatic heterocycles. The molecule has 3 unspecified atom stereocenters. The Labute approximate surface area is 65.6 Å². The van der Waals surface area contributed by atoms with Crippen molar-refractivity contribution in [3.63, 3.8) is 0 Å². The average Bonchev–Trinajstić information content (AvgIpc) is 1.94. The fraction of sp³-hybridized carbons (Fsp3) is 0.857. The molecule has 0 heterocycles. The highest BCUT2D eigenvalue weighted by molar-refractivity contribution is 5.76. The highest BCUT2D eigenvalue weighted by Crippen LogP contribution is 2.22. The number of rotatable bonds is 1. The van der Waals surface area contributed by atoms with E-state index in [1.807, 2.05) is 0 Å². The number of hydrogen-bond donors (Lipinski definition) is 3. The molecular weight excluding hydrogens is 144 g/mol. The zero-order valence-corrected chi connectivity index (χ0v) is 6.36. The molecule has 11 heavy (non-hydrogen) atoms. The SMILES string of the molecule is NC(=O)C1CCC(N)C(O)C1. The number of nitrogens with two attached hydrogens (primary N) is 2. The van der Waals surface area contributed by atoms with Gasteiger partial charge >= 0.3 is 0 Å². The van der Waals surface area contributed by atoms with Gasteiger partial charge in [-0.15, -0.1) is 0 Å². The van der Waals surface area contributed by atoms with E-state index in [0.717, 1.165) is 0 Å². The number of primary amides is 1. The summed E-state index contributed by atoms with van der Waals surface area (Å²) in [6.45, 7) is 0. The molecule has 0 aliphatic heterocycles. The Bertz CT molecular complexity index is 161. The Hall–Kier alpha value is -0.610. The average molecular weight is 158 g/mol. The zero-order chi connectivity index (χ0) is 8.43. The third-order valence-electron chi connectivity index (χ3n) is 2.27. The molecule has 0 bridgehead atoms. The molecule has 1 rings (SSSR count). The lowest BCUT2D eigenvalue weighted by atomic mass is 9.84. The van der Waals surface area contributed by atoms with Crippen LogP contribution in [0.5, 0.6) is 0 Å². The van der Waals surface area contributed by atoms with Crippen LogP contribution in [0.4, 0.5) is 0 Å². The van der Waals surface area contributed by atoms with Crippen LogP contribution in [0.3, 0.4) is 0 Å². The highest BCUT2D eigenvalue weighted by Gasteiger charge is 2.29. The summed E-state index contributed by atoms with van der Waals surface area (Å²) in [6.07, 6.45) is 1.28. The molecule has 1 amide bonds. The van der Waals surface area contributed by atoms with Gasteiger partial charge in [0.05, 0.1) is 6.10 Å². The van der Waals surface area contributed by atoms with Crippen LogP contribution >= 0.6 is 0 Å². The van der Waals surface area contributed by atoms with E-state index in [4.69, 9.17) is 11.5 Å². The first-order valence-electron chi connectivity index (χ1n) is 3.84. The first kappa shape index (κ1) is 8.49. The lowest BCUT2D eigenvalue weighted by Gasteiger charge is -2.28. The van der Waals surface area contributed by atoms with Gasteiger partial charge in [0.2, 0.25) is 5.91 Å². The summed E-state index contributed by atoms with van der Waals surface area (Å²) in [7, 11) is 0. The van der Waals surface area contributed by atoms with Crippen LogP contribution in [-0.4, -0.2) is 23.2 Å². The summed E-state index contributed by atoms with van der Waals surface area (Å²) in [6, 6.07) is -0.175. The van der Waals surface area contributed by atoms with Crippen molar-refractivity contribution in [2.45, 2.75) is 31.4 Å². The first-order valence-corrected chi connectivity index (χ1v) is 3.84. The van der Waals surface area contributed by atoms with Gasteiger partial charge in [-0.1, -0.05) is 0 Å². The van der Waals surface area contributed by atoms with Gasteiger partial charge in [0.15, 0.2) is 0 Å². The van der Waals surface area contributed by atoms with Crippen LogP contribution in [0.1, 0.15) is 19.3 Å². The Morgan fingerprint density at radius 2 is 2.09 bits per heavy atom. The second kappa shape index (κ2) is 3.19. The van der Waals surface area contributed by atoms with Gasteiger partial charge in [0, 0.05) is 12.0 Å². The molecule has 5 N–H and O–H groups in total. The molecule has 1 fully saturated rings. The van der Waals surface area contributed by atoms with E-state index in [2.05, 4.69) is 0 Å². The van der Waals surface area contributed by atoms with Crippen LogP contribution in [0.15, 0.2) is 0 Å². The third-order valence-corrected chi connectivity index (χ3v) is 2.27. The largest absolute Gasteiger partial charge is 0.391 e. The summed E-state index contributed by atoms with van der Waals surface area (Å²) < 4.78 is 0. The fourth-order valence-electron chi connectivity index (χ4n) is 1.43. The van der Waals surface area contributed by atoms with Crippen LogP contribution in [0.2, 0.25) is 0 Å². The summed E-state index contributed by atoms with van der Waals surface area (Å²) in [5.41, 5.74) is 10.6. The van der Waals surface area contributed by atoms with Crippen molar-refractivity contribution in [3.8, 4) is 0 Å². The zero-order valence-electron chi connectivity index (χ0n) is 6.36. The van der Waals surface area contributed by atoms with E-state index < -0.39 is 6.10 Å². The van der Waals surface area contributed by atoms with Gasteiger partial charge in [0.25, 0.3) is 0 Å². The summed E-state index contributed by atoms with van der Waals surface area (Å²) in [5, 5.41) is 9.26. The minimum Gasteiger partial charge on any atom is -0.391 e. The number of aliphatic hydroxyl groups is 1. The Morgan fingerprint density at radius 3 is 2.55 bits per heavy atom. The van der Waals surface area contributed by atoms with Crippen molar-refractivity contribution in [1.29, 1.82) is 0 Å². The number of carbonyl (C=O) groups excluding carboxylic acids is 1. The fourth-order valence-corrected chi connectivity index (χ4v) is 1.43. The Balaban J connectivity index is 2.46. The van der Waals surface area contributed by atoms with E-state index in [-0.39, 0.29) is 17.9 Å². The van der Waals surface area contributed by atoms with Crippen molar-refractivity contribution >= 4 is 5.91 Å². The number of carbonyl (C=O) groups is 1. The lowest BCUT2D eigenvalue weighted by molar-refractivity contribution is -0.124. The highest BCUT2D eigenvalue weighted by atomic mass is 16.3. The second-order valence-corrected chi connectivity index (χ2v) is 3.14. The van der Waals surface area contributed by atoms with Gasteiger partial charge < -0.3 is 16.6 Å². The summed E-state index contributed by atoms with van der Waals surface area (Å²) >= 11 is 0. The molecule has 0 spiro atoms. The normalized spacial score (nSPS) is 38.5. The van der Waals surface area contributed by atoms with Crippen LogP contribution in [-0.2, 0) is 4.79 Å². The van der Waals surface area contributed by atoms with E-state index in [0.29, 0.717) is 19.3 Å². The monoisotopic (exact) mass is 158 g/mol. The molecule has 4 nitrogen and oxygen atoms in total. The topological polar surface area (TPSA) is 89.3 Å². The van der Waals surface area contributed by atoms with Crippen molar-refractivity contribution in [2.75, 3.05) is 0 Å². The second-order valence-electron chi connectivity index (χ2n) is 3.14. The predicted octanol–water partition coefficient (Wildman–Crippen LogP) is -1.04. The van der Waals surface area contributed by atoms with Crippen molar-refractivity contribution in [3.05, 3.63) is 0 Å². The standard InChI is InChI=1S/C7H14N2O2/c8-5-2-1-4(7(9)11)3-6(5)10/h4-6,10H,1-3,8H2,(H2,9,11). The van der Waals surface area contributed by atoms with E-state index >= 15 is 0 Å². The minimum atomic E-state index is -0.554. The summed E-state index contributed by atoms with van der Waals surface area (Å²) in [5.74, 6) is -0.499. The number of aliphatic hydroxyl groups excluding tert-OH is 1. The molecule has 1 aliphatic carbocycles. The molecule has 4 heteroatoms. The molecule has 1 aliphatic rings. The quantitative estimate of drug-likeness (QED) is 0.455. The Morgan fingerprint density at radius 1 is 1.45 bits per heavy atom. The minimum absolute atomic E-state index is 0.175. The van der Waals surface area contributed by atoms with Gasteiger partial charge in [0.1, 0.15) is 0 Å². The molecule has 0 aromatic rings. The Kier molecular flexibility index (Phi) is 2.46. The number of amides is 1. The maximum atomic E-state index is 10.7. The van der Waals surface area contributed by atoms with Crippen molar-refractivity contribution < 1.29 is 9.90 Å². The van der Waals surface area contributed by atoms with E-state index in [1.165, 1.54) is 0 Å². The van der Waals surface area contributed by atoms with Crippen LogP contribution in [0, 0.1) is 5.92 Å². The maximum absolute atomic E-state index is 10.7.